The van der Waals surface area contributed by atoms with Gasteiger partial charge in [-0.3, -0.25) is 4.79 Å². The molecule has 1 amide bonds. The molecule has 10 atom stereocenters. The van der Waals surface area contributed by atoms with Crippen LogP contribution < -0.4 is 5.73 Å². The molecular formula is C28H49NO2. The van der Waals surface area contributed by atoms with Crippen LogP contribution >= 0.6 is 0 Å². The van der Waals surface area contributed by atoms with Crippen molar-refractivity contribution in [2.24, 2.45) is 58.0 Å². The minimum atomic E-state index is -0.991. The summed E-state index contributed by atoms with van der Waals surface area (Å²) in [6.07, 6.45) is 17.0. The normalized spacial score (nSPS) is 45.1. The zero-order valence-electron chi connectivity index (χ0n) is 20.7. The number of amides is 1. The van der Waals surface area contributed by atoms with E-state index in [4.69, 9.17) is 5.73 Å². The Kier molecular flexibility index (Phi) is 6.84. The van der Waals surface area contributed by atoms with Gasteiger partial charge in [0.15, 0.2) is 0 Å². The van der Waals surface area contributed by atoms with Crippen LogP contribution in [0.5, 0.6) is 0 Å². The van der Waals surface area contributed by atoms with Crippen LogP contribution in [0, 0.1) is 52.3 Å². The smallest absolute Gasteiger partial charge is 0.246 e. The first-order valence-electron chi connectivity index (χ1n) is 13.7. The molecule has 4 aliphatic rings. The van der Waals surface area contributed by atoms with Crippen molar-refractivity contribution in [2.75, 3.05) is 0 Å². The highest BCUT2D eigenvalue weighted by molar-refractivity contribution is 5.78. The largest absolute Gasteiger partial charge is 0.383 e. The summed E-state index contributed by atoms with van der Waals surface area (Å²) in [5.74, 6) is 4.94. The fraction of sp³-hybridized carbons (Fsp3) is 0.964. The lowest BCUT2D eigenvalue weighted by atomic mass is 9.44. The lowest BCUT2D eigenvalue weighted by Gasteiger charge is -2.61. The molecule has 31 heavy (non-hydrogen) atoms. The van der Waals surface area contributed by atoms with Gasteiger partial charge < -0.3 is 10.8 Å². The van der Waals surface area contributed by atoms with Crippen molar-refractivity contribution in [1.82, 2.24) is 0 Å². The summed E-state index contributed by atoms with van der Waals surface area (Å²) in [6, 6.07) is 0. The van der Waals surface area contributed by atoms with Crippen LogP contribution in [0.2, 0.25) is 0 Å². The molecule has 0 radical (unpaired) electrons. The third kappa shape index (κ3) is 4.11. The molecule has 3 heteroatoms. The van der Waals surface area contributed by atoms with E-state index < -0.39 is 12.0 Å². The first kappa shape index (κ1) is 23.6. The van der Waals surface area contributed by atoms with E-state index in [9.17, 15) is 9.90 Å². The number of nitrogens with two attached hydrogens (primary N) is 1. The van der Waals surface area contributed by atoms with Gasteiger partial charge in [0, 0.05) is 0 Å². The number of aliphatic hydroxyl groups excluding tert-OH is 1. The van der Waals surface area contributed by atoms with Crippen LogP contribution in [0.4, 0.5) is 0 Å². The molecule has 0 aromatic carbocycles. The van der Waals surface area contributed by atoms with Gasteiger partial charge in [-0.1, -0.05) is 53.4 Å². The van der Waals surface area contributed by atoms with Crippen molar-refractivity contribution in [3.8, 4) is 0 Å². The number of fused-ring (bicyclic) bond motifs is 5. The minimum absolute atomic E-state index is 0.0292. The molecule has 0 heterocycles. The van der Waals surface area contributed by atoms with Crippen molar-refractivity contribution in [2.45, 2.75) is 117 Å². The summed E-state index contributed by atoms with van der Waals surface area (Å²) in [4.78, 5) is 11.2. The van der Waals surface area contributed by atoms with Crippen LogP contribution in [0.3, 0.4) is 0 Å². The molecule has 0 bridgehead atoms. The van der Waals surface area contributed by atoms with E-state index in [2.05, 4.69) is 20.8 Å². The number of carbonyl (C=O) groups excluding carboxylic acids is 1. The number of hydrogen-bond donors (Lipinski definition) is 2. The Labute approximate surface area is 191 Å². The van der Waals surface area contributed by atoms with Gasteiger partial charge in [-0.15, -0.1) is 0 Å². The van der Waals surface area contributed by atoms with E-state index in [1.807, 2.05) is 6.92 Å². The summed E-state index contributed by atoms with van der Waals surface area (Å²) in [6.45, 7) is 9.79. The summed E-state index contributed by atoms with van der Waals surface area (Å²) in [7, 11) is 0. The van der Waals surface area contributed by atoms with Crippen LogP contribution in [-0.4, -0.2) is 17.1 Å². The van der Waals surface area contributed by atoms with Gasteiger partial charge >= 0.3 is 0 Å². The molecule has 0 aromatic heterocycles. The van der Waals surface area contributed by atoms with E-state index in [0.29, 0.717) is 10.8 Å². The Bertz CT molecular complexity index is 649. The molecular weight excluding hydrogens is 382 g/mol. The Morgan fingerprint density at radius 2 is 1.68 bits per heavy atom. The van der Waals surface area contributed by atoms with Gasteiger partial charge in [0.25, 0.3) is 0 Å². The number of rotatable bonds is 7. The van der Waals surface area contributed by atoms with E-state index >= 15 is 0 Å². The monoisotopic (exact) mass is 431 g/mol. The molecule has 0 aliphatic heterocycles. The minimum Gasteiger partial charge on any atom is -0.383 e. The molecule has 3 unspecified atom stereocenters. The van der Waals surface area contributed by atoms with Crippen molar-refractivity contribution in [1.29, 1.82) is 0 Å². The number of carbonyl (C=O) groups is 1. The summed E-state index contributed by atoms with van der Waals surface area (Å²) in [5, 5.41) is 9.91. The molecule has 0 saturated heterocycles. The first-order chi connectivity index (χ1) is 14.7. The van der Waals surface area contributed by atoms with Crippen LogP contribution in [0.15, 0.2) is 0 Å². The van der Waals surface area contributed by atoms with E-state index in [1.165, 1.54) is 70.6 Å². The standard InChI is InChI=1S/C28H49NO2/c1-18(8-7-9-19(2)25(30)26(29)31)22-13-14-23-21-12-11-20-10-5-6-16-27(20,3)24(21)15-17-28(22,23)4/h18-25,30H,5-17H2,1-4H3,(H2,29,31)/t18-,19?,20?,21+,22-,23+,24+,25?,27+,28-/m1/s1. The van der Waals surface area contributed by atoms with Crippen molar-refractivity contribution < 1.29 is 9.90 Å². The third-order valence-corrected chi connectivity index (χ3v) is 11.5. The van der Waals surface area contributed by atoms with E-state index in [0.717, 1.165) is 48.3 Å². The van der Waals surface area contributed by atoms with Gasteiger partial charge in [-0.25, -0.2) is 0 Å². The molecule has 178 valence electrons. The zero-order chi connectivity index (χ0) is 22.4. The predicted octanol–water partition coefficient (Wildman–Crippen LogP) is 6.32. The van der Waals surface area contributed by atoms with Gasteiger partial charge in [0.05, 0.1) is 0 Å². The second-order valence-electron chi connectivity index (χ2n) is 12.9. The number of primary amides is 1. The molecule has 3 nitrogen and oxygen atoms in total. The Morgan fingerprint density at radius 3 is 2.42 bits per heavy atom. The second kappa shape index (κ2) is 8.99. The Morgan fingerprint density at radius 1 is 0.935 bits per heavy atom. The molecule has 4 rings (SSSR count). The van der Waals surface area contributed by atoms with Gasteiger partial charge in [0.1, 0.15) is 6.10 Å². The molecule has 4 saturated carbocycles. The molecule has 4 aliphatic carbocycles. The average molecular weight is 432 g/mol. The quantitative estimate of drug-likeness (QED) is 0.495. The summed E-state index contributed by atoms with van der Waals surface area (Å²) >= 11 is 0. The fourth-order valence-corrected chi connectivity index (χ4v) is 9.67. The molecule has 3 N–H and O–H groups in total. The maximum absolute atomic E-state index is 11.2. The Hall–Kier alpha value is -0.570. The van der Waals surface area contributed by atoms with Crippen LogP contribution in [0.25, 0.3) is 0 Å². The maximum atomic E-state index is 11.2. The van der Waals surface area contributed by atoms with Crippen LogP contribution in [0.1, 0.15) is 111 Å². The van der Waals surface area contributed by atoms with Crippen molar-refractivity contribution in [3.05, 3.63) is 0 Å². The van der Waals surface area contributed by atoms with Crippen LogP contribution in [-0.2, 0) is 4.79 Å². The van der Waals surface area contributed by atoms with Crippen molar-refractivity contribution >= 4 is 5.91 Å². The van der Waals surface area contributed by atoms with Gasteiger partial charge in [0.2, 0.25) is 5.91 Å². The lowest BCUT2D eigenvalue weighted by Crippen LogP contribution is -2.53. The summed E-state index contributed by atoms with van der Waals surface area (Å²) < 4.78 is 0. The fourth-order valence-electron chi connectivity index (χ4n) is 9.67. The maximum Gasteiger partial charge on any atom is 0.246 e. The van der Waals surface area contributed by atoms with Crippen molar-refractivity contribution in [3.63, 3.8) is 0 Å². The third-order valence-electron chi connectivity index (χ3n) is 11.5. The number of hydrogen-bond acceptors (Lipinski definition) is 2. The SMILES string of the molecule is CC(CCC[C@@H](C)[C@H]1CC[C@H]2[C@@H]3CCC4CCCC[C@]4(C)[C@H]3CC[C@]12C)C(O)C(N)=O. The highest BCUT2D eigenvalue weighted by atomic mass is 16.3. The Balaban J connectivity index is 1.38. The molecule has 4 fully saturated rings. The second-order valence-corrected chi connectivity index (χ2v) is 12.9. The highest BCUT2D eigenvalue weighted by Gasteiger charge is 2.60. The molecule has 0 aromatic rings. The average Bonchev–Trinajstić information content (AvgIpc) is 3.09. The van der Waals surface area contributed by atoms with Gasteiger partial charge in [-0.05, 0) is 110 Å². The topological polar surface area (TPSA) is 63.3 Å². The zero-order valence-corrected chi connectivity index (χ0v) is 20.7. The highest BCUT2D eigenvalue weighted by Crippen LogP contribution is 2.68. The number of aliphatic hydroxyl groups is 1. The predicted molar refractivity (Wildman–Crippen MR) is 127 cm³/mol. The first-order valence-corrected chi connectivity index (χ1v) is 13.7. The van der Waals surface area contributed by atoms with E-state index in [-0.39, 0.29) is 5.92 Å². The van der Waals surface area contributed by atoms with Gasteiger partial charge in [-0.2, -0.15) is 0 Å². The lowest BCUT2D eigenvalue weighted by molar-refractivity contribution is -0.128. The molecule has 0 spiro atoms. The summed E-state index contributed by atoms with van der Waals surface area (Å²) in [5.41, 5.74) is 6.45. The van der Waals surface area contributed by atoms with E-state index in [1.54, 1.807) is 0 Å².